The minimum atomic E-state index is -0.261. The summed E-state index contributed by atoms with van der Waals surface area (Å²) in [5, 5.41) is 8.80. The molecule has 2 aromatic heterocycles. The standard InChI is InChI=1S/C25H24N4O2/c1-18-6-8-19(9-7-18)12-15-27-24(30)17-29-25(31)22-5-3-2-4-21(22)23(28-29)16-20-10-13-26-14-11-20/h2-11,13-14H,12,15-17H2,1H3,(H,27,30). The van der Waals surface area contributed by atoms with Crippen LogP contribution in [0.5, 0.6) is 0 Å². The van der Waals surface area contributed by atoms with E-state index in [1.165, 1.54) is 10.2 Å². The average molecular weight is 412 g/mol. The van der Waals surface area contributed by atoms with Crippen LogP contribution in [-0.2, 0) is 24.2 Å². The smallest absolute Gasteiger partial charge is 0.275 e. The van der Waals surface area contributed by atoms with Crippen molar-refractivity contribution in [3.8, 4) is 0 Å². The van der Waals surface area contributed by atoms with E-state index < -0.39 is 0 Å². The minimum absolute atomic E-state index is 0.110. The molecule has 2 heterocycles. The van der Waals surface area contributed by atoms with E-state index in [2.05, 4.69) is 39.7 Å². The number of fused-ring (bicyclic) bond motifs is 1. The molecule has 6 heteroatoms. The van der Waals surface area contributed by atoms with Gasteiger partial charge in [-0.3, -0.25) is 14.6 Å². The quantitative estimate of drug-likeness (QED) is 0.506. The van der Waals surface area contributed by atoms with Crippen LogP contribution in [0.15, 0.2) is 77.9 Å². The molecule has 0 saturated carbocycles. The first-order chi connectivity index (χ1) is 15.1. The Kier molecular flexibility index (Phi) is 6.17. The van der Waals surface area contributed by atoms with Crippen LogP contribution in [0, 0.1) is 6.92 Å². The molecular weight excluding hydrogens is 388 g/mol. The summed E-state index contributed by atoms with van der Waals surface area (Å²) in [6.07, 6.45) is 4.75. The number of rotatable bonds is 7. The molecule has 1 N–H and O–H groups in total. The Balaban J connectivity index is 1.51. The van der Waals surface area contributed by atoms with Gasteiger partial charge in [0.1, 0.15) is 6.54 Å². The van der Waals surface area contributed by atoms with Crippen LogP contribution in [0.25, 0.3) is 10.8 Å². The number of amides is 1. The SMILES string of the molecule is Cc1ccc(CCNC(=O)Cn2nc(Cc3ccncc3)c3ccccc3c2=O)cc1. The number of carbonyl (C=O) groups excluding carboxylic acids is 1. The predicted molar refractivity (Wildman–Crippen MR) is 121 cm³/mol. The molecule has 31 heavy (non-hydrogen) atoms. The van der Waals surface area contributed by atoms with Gasteiger partial charge in [-0.05, 0) is 42.7 Å². The zero-order valence-corrected chi connectivity index (χ0v) is 17.4. The van der Waals surface area contributed by atoms with Gasteiger partial charge in [-0.25, -0.2) is 4.68 Å². The fraction of sp³-hybridized carbons (Fsp3) is 0.200. The minimum Gasteiger partial charge on any atom is -0.354 e. The molecule has 1 amide bonds. The van der Waals surface area contributed by atoms with Gasteiger partial charge in [-0.1, -0.05) is 48.0 Å². The normalized spacial score (nSPS) is 10.9. The van der Waals surface area contributed by atoms with E-state index in [9.17, 15) is 9.59 Å². The topological polar surface area (TPSA) is 76.9 Å². The first-order valence-corrected chi connectivity index (χ1v) is 10.3. The highest BCUT2D eigenvalue weighted by molar-refractivity contribution is 5.84. The van der Waals surface area contributed by atoms with E-state index in [-0.39, 0.29) is 18.0 Å². The maximum Gasteiger partial charge on any atom is 0.275 e. The lowest BCUT2D eigenvalue weighted by Gasteiger charge is -2.11. The number of benzene rings is 2. The van der Waals surface area contributed by atoms with E-state index >= 15 is 0 Å². The maximum atomic E-state index is 12.9. The van der Waals surface area contributed by atoms with Gasteiger partial charge in [0, 0.05) is 30.7 Å². The van der Waals surface area contributed by atoms with E-state index in [1.54, 1.807) is 18.5 Å². The third-order valence-corrected chi connectivity index (χ3v) is 5.21. The molecule has 0 atom stereocenters. The first kappa shape index (κ1) is 20.5. The van der Waals surface area contributed by atoms with Crippen LogP contribution in [-0.4, -0.2) is 27.2 Å². The number of nitrogens with one attached hydrogen (secondary N) is 1. The van der Waals surface area contributed by atoms with Crippen LogP contribution in [0.3, 0.4) is 0 Å². The molecule has 6 nitrogen and oxygen atoms in total. The predicted octanol–water partition coefficient (Wildman–Crippen LogP) is 3.05. The molecule has 0 aliphatic rings. The van der Waals surface area contributed by atoms with Crippen LogP contribution >= 0.6 is 0 Å². The Morgan fingerprint density at radius 1 is 0.935 bits per heavy atom. The zero-order valence-electron chi connectivity index (χ0n) is 17.4. The number of aromatic nitrogens is 3. The third kappa shape index (κ3) is 5.04. The Morgan fingerprint density at radius 3 is 2.39 bits per heavy atom. The maximum absolute atomic E-state index is 12.9. The Bertz CT molecular complexity index is 1250. The molecule has 0 radical (unpaired) electrons. The van der Waals surface area contributed by atoms with Crippen LogP contribution in [0.4, 0.5) is 0 Å². The molecule has 0 spiro atoms. The second-order valence-corrected chi connectivity index (χ2v) is 7.57. The summed E-state index contributed by atoms with van der Waals surface area (Å²) in [4.78, 5) is 29.4. The molecule has 0 unspecified atom stereocenters. The van der Waals surface area contributed by atoms with Gasteiger partial charge < -0.3 is 5.32 Å². The van der Waals surface area contributed by atoms with Gasteiger partial charge in [-0.15, -0.1) is 0 Å². The highest BCUT2D eigenvalue weighted by Gasteiger charge is 2.13. The van der Waals surface area contributed by atoms with Gasteiger partial charge in [0.05, 0.1) is 11.1 Å². The molecule has 0 saturated heterocycles. The Labute approximate surface area is 180 Å². The monoisotopic (exact) mass is 412 g/mol. The average Bonchev–Trinajstić information content (AvgIpc) is 2.79. The Hall–Kier alpha value is -3.80. The second-order valence-electron chi connectivity index (χ2n) is 7.57. The highest BCUT2D eigenvalue weighted by atomic mass is 16.2. The molecular formula is C25H24N4O2. The van der Waals surface area contributed by atoms with Crippen molar-refractivity contribution in [2.75, 3.05) is 6.54 Å². The summed E-state index contributed by atoms with van der Waals surface area (Å²) in [6, 6.07) is 19.5. The summed E-state index contributed by atoms with van der Waals surface area (Å²) >= 11 is 0. The van der Waals surface area contributed by atoms with Crippen molar-refractivity contribution in [1.29, 1.82) is 0 Å². The molecule has 4 rings (SSSR count). The number of aryl methyl sites for hydroxylation is 1. The lowest BCUT2D eigenvalue weighted by atomic mass is 10.1. The first-order valence-electron chi connectivity index (χ1n) is 10.3. The van der Waals surface area contributed by atoms with Crippen molar-refractivity contribution >= 4 is 16.7 Å². The zero-order chi connectivity index (χ0) is 21.6. The molecule has 0 aliphatic carbocycles. The number of hydrogen-bond donors (Lipinski definition) is 1. The van der Waals surface area contributed by atoms with Crippen molar-refractivity contribution < 1.29 is 4.79 Å². The number of pyridine rings is 1. The van der Waals surface area contributed by atoms with Crippen LogP contribution < -0.4 is 10.9 Å². The third-order valence-electron chi connectivity index (χ3n) is 5.21. The van der Waals surface area contributed by atoms with Crippen molar-refractivity contribution in [2.45, 2.75) is 26.3 Å². The summed E-state index contributed by atoms with van der Waals surface area (Å²) in [7, 11) is 0. The Morgan fingerprint density at radius 2 is 1.65 bits per heavy atom. The fourth-order valence-electron chi connectivity index (χ4n) is 3.53. The molecule has 156 valence electrons. The summed E-state index contributed by atoms with van der Waals surface area (Å²) in [5.41, 5.74) is 3.90. The molecule has 0 bridgehead atoms. The van der Waals surface area contributed by atoms with Crippen molar-refractivity contribution in [1.82, 2.24) is 20.1 Å². The molecule has 2 aromatic carbocycles. The van der Waals surface area contributed by atoms with E-state index in [0.717, 1.165) is 28.6 Å². The van der Waals surface area contributed by atoms with E-state index in [0.29, 0.717) is 18.4 Å². The number of nitrogens with zero attached hydrogens (tertiary/aromatic N) is 3. The highest BCUT2D eigenvalue weighted by Crippen LogP contribution is 2.16. The van der Waals surface area contributed by atoms with E-state index in [1.807, 2.05) is 37.3 Å². The van der Waals surface area contributed by atoms with Gasteiger partial charge in [0.15, 0.2) is 0 Å². The molecule has 0 aliphatic heterocycles. The van der Waals surface area contributed by atoms with Crippen LogP contribution in [0.2, 0.25) is 0 Å². The van der Waals surface area contributed by atoms with E-state index in [4.69, 9.17) is 0 Å². The van der Waals surface area contributed by atoms with Crippen molar-refractivity contribution in [3.05, 3.63) is 106 Å². The van der Waals surface area contributed by atoms with Gasteiger partial charge in [0.25, 0.3) is 5.56 Å². The number of carbonyl (C=O) groups is 1. The summed E-state index contributed by atoms with van der Waals surface area (Å²) < 4.78 is 1.26. The van der Waals surface area contributed by atoms with Crippen molar-refractivity contribution in [2.24, 2.45) is 0 Å². The molecule has 4 aromatic rings. The van der Waals surface area contributed by atoms with Gasteiger partial charge in [-0.2, -0.15) is 5.10 Å². The van der Waals surface area contributed by atoms with Crippen molar-refractivity contribution in [3.63, 3.8) is 0 Å². The summed E-state index contributed by atoms with van der Waals surface area (Å²) in [6.45, 7) is 2.44. The van der Waals surface area contributed by atoms with Crippen LogP contribution in [0.1, 0.15) is 22.4 Å². The fourth-order valence-corrected chi connectivity index (χ4v) is 3.53. The molecule has 0 fully saturated rings. The number of hydrogen-bond acceptors (Lipinski definition) is 4. The van der Waals surface area contributed by atoms with Gasteiger partial charge >= 0.3 is 0 Å². The lowest BCUT2D eigenvalue weighted by Crippen LogP contribution is -2.35. The largest absolute Gasteiger partial charge is 0.354 e. The van der Waals surface area contributed by atoms with Gasteiger partial charge in [0.2, 0.25) is 5.91 Å². The second kappa shape index (κ2) is 9.34. The summed E-state index contributed by atoms with van der Waals surface area (Å²) in [5.74, 6) is -0.230. The lowest BCUT2D eigenvalue weighted by molar-refractivity contribution is -0.121.